The second kappa shape index (κ2) is 15.0. The zero-order chi connectivity index (χ0) is 21.4. The summed E-state index contributed by atoms with van der Waals surface area (Å²) in [6, 6.07) is 8.71. The van der Waals surface area contributed by atoms with Crippen LogP contribution in [0, 0.1) is 5.92 Å². The summed E-state index contributed by atoms with van der Waals surface area (Å²) in [7, 11) is 0. The summed E-state index contributed by atoms with van der Waals surface area (Å²) in [5.41, 5.74) is 2.47. The minimum absolute atomic E-state index is 0.745. The van der Waals surface area contributed by atoms with Gasteiger partial charge in [0.15, 0.2) is 11.6 Å². The molecule has 0 aliphatic carbocycles. The molecule has 1 unspecified atom stereocenters. The van der Waals surface area contributed by atoms with Crippen molar-refractivity contribution >= 4 is 0 Å². The first-order valence-electron chi connectivity index (χ1n) is 12.3. The Morgan fingerprint density at radius 3 is 2.17 bits per heavy atom. The van der Waals surface area contributed by atoms with Crippen LogP contribution in [0.25, 0.3) is 11.4 Å². The van der Waals surface area contributed by atoms with Crippen molar-refractivity contribution in [1.82, 2.24) is 9.97 Å². The summed E-state index contributed by atoms with van der Waals surface area (Å²) in [4.78, 5) is 9.00. The van der Waals surface area contributed by atoms with Gasteiger partial charge in [-0.25, -0.2) is 9.97 Å². The molecule has 2 aromatic rings. The lowest BCUT2D eigenvalue weighted by molar-refractivity contribution is 0.297. The van der Waals surface area contributed by atoms with E-state index in [1.807, 2.05) is 0 Å². The summed E-state index contributed by atoms with van der Waals surface area (Å²) in [6.07, 6.45) is 19.0. The van der Waals surface area contributed by atoms with Gasteiger partial charge >= 0.3 is 0 Å². The third-order valence-corrected chi connectivity index (χ3v) is 5.80. The topological polar surface area (TPSA) is 35.0 Å². The highest BCUT2D eigenvalue weighted by Crippen LogP contribution is 2.19. The van der Waals surface area contributed by atoms with Gasteiger partial charge in [0.05, 0.1) is 19.0 Å². The zero-order valence-electron chi connectivity index (χ0n) is 19.5. The van der Waals surface area contributed by atoms with Crippen LogP contribution < -0.4 is 4.74 Å². The van der Waals surface area contributed by atoms with Crippen LogP contribution in [0.15, 0.2) is 36.7 Å². The number of hydrogen-bond acceptors (Lipinski definition) is 3. The second-order valence-corrected chi connectivity index (χ2v) is 8.70. The predicted molar refractivity (Wildman–Crippen MR) is 128 cm³/mol. The molecule has 1 heterocycles. The van der Waals surface area contributed by atoms with E-state index in [2.05, 4.69) is 55.0 Å². The lowest BCUT2D eigenvalue weighted by Crippen LogP contribution is -2.01. The second-order valence-electron chi connectivity index (χ2n) is 8.70. The van der Waals surface area contributed by atoms with Crippen molar-refractivity contribution in [3.05, 3.63) is 42.2 Å². The van der Waals surface area contributed by atoms with E-state index in [1.165, 1.54) is 69.8 Å². The molecule has 3 nitrogen and oxygen atoms in total. The van der Waals surface area contributed by atoms with Gasteiger partial charge in [0.25, 0.3) is 0 Å². The Balaban J connectivity index is 1.68. The smallest absolute Gasteiger partial charge is 0.159 e. The van der Waals surface area contributed by atoms with Gasteiger partial charge in [-0.05, 0) is 37.2 Å². The average Bonchev–Trinajstić information content (AvgIpc) is 2.77. The van der Waals surface area contributed by atoms with E-state index in [0.717, 1.165) is 42.5 Å². The highest BCUT2D eigenvalue weighted by atomic mass is 16.5. The van der Waals surface area contributed by atoms with Crippen LogP contribution in [0.1, 0.15) is 97.0 Å². The maximum Gasteiger partial charge on any atom is 0.159 e. The van der Waals surface area contributed by atoms with E-state index in [1.54, 1.807) is 12.4 Å². The number of aromatic nitrogens is 2. The highest BCUT2D eigenvalue weighted by Gasteiger charge is 2.04. The minimum Gasteiger partial charge on any atom is -0.490 e. The average molecular weight is 411 g/mol. The maximum absolute atomic E-state index is 5.81. The standard InChI is InChI=1S/C27H42N2O/c1-4-6-7-8-9-10-15-24-16-18-25(19-17-24)27-28-21-26(22-29-27)30-20-12-11-14-23(3)13-5-2/h16-19,21-23H,4-15,20H2,1-3H3. The van der Waals surface area contributed by atoms with Gasteiger partial charge in [-0.3, -0.25) is 0 Å². The van der Waals surface area contributed by atoms with Crippen LogP contribution in [0.4, 0.5) is 0 Å². The monoisotopic (exact) mass is 410 g/mol. The van der Waals surface area contributed by atoms with Crippen LogP contribution in [-0.2, 0) is 6.42 Å². The summed E-state index contributed by atoms with van der Waals surface area (Å²) < 4.78 is 5.81. The van der Waals surface area contributed by atoms with Gasteiger partial charge in [0.2, 0.25) is 0 Å². The van der Waals surface area contributed by atoms with Gasteiger partial charge < -0.3 is 4.74 Å². The van der Waals surface area contributed by atoms with Crippen LogP contribution in [-0.4, -0.2) is 16.6 Å². The van der Waals surface area contributed by atoms with Gasteiger partial charge in [-0.1, -0.05) is 96.4 Å². The number of ether oxygens (including phenoxy) is 1. The molecule has 0 aliphatic rings. The molecule has 166 valence electrons. The Morgan fingerprint density at radius 1 is 0.767 bits per heavy atom. The van der Waals surface area contributed by atoms with E-state index in [0.29, 0.717) is 0 Å². The molecule has 0 fully saturated rings. The first-order valence-corrected chi connectivity index (χ1v) is 12.3. The van der Waals surface area contributed by atoms with E-state index >= 15 is 0 Å². The summed E-state index contributed by atoms with van der Waals surface area (Å²) >= 11 is 0. The predicted octanol–water partition coefficient (Wildman–Crippen LogP) is 8.03. The van der Waals surface area contributed by atoms with Gasteiger partial charge in [0.1, 0.15) is 0 Å². The van der Waals surface area contributed by atoms with E-state index < -0.39 is 0 Å². The van der Waals surface area contributed by atoms with E-state index in [9.17, 15) is 0 Å². The summed E-state index contributed by atoms with van der Waals surface area (Å²) in [5, 5.41) is 0. The third-order valence-electron chi connectivity index (χ3n) is 5.80. The fourth-order valence-electron chi connectivity index (χ4n) is 3.89. The molecule has 30 heavy (non-hydrogen) atoms. The quantitative estimate of drug-likeness (QED) is 0.263. The number of benzene rings is 1. The van der Waals surface area contributed by atoms with Crippen molar-refractivity contribution in [3.63, 3.8) is 0 Å². The molecule has 1 aromatic heterocycles. The fraction of sp³-hybridized carbons (Fsp3) is 0.630. The van der Waals surface area contributed by atoms with Crippen LogP contribution in [0.5, 0.6) is 5.75 Å². The molecule has 0 radical (unpaired) electrons. The fourth-order valence-corrected chi connectivity index (χ4v) is 3.89. The van der Waals surface area contributed by atoms with Crippen molar-refractivity contribution in [2.24, 2.45) is 5.92 Å². The number of rotatable bonds is 16. The normalized spacial score (nSPS) is 12.1. The Bertz CT molecular complexity index is 666. The Hall–Kier alpha value is -1.90. The Morgan fingerprint density at radius 2 is 1.47 bits per heavy atom. The summed E-state index contributed by atoms with van der Waals surface area (Å²) in [5.74, 6) is 2.36. The van der Waals surface area contributed by atoms with E-state index in [4.69, 9.17) is 4.74 Å². The zero-order valence-corrected chi connectivity index (χ0v) is 19.5. The molecule has 0 spiro atoms. The first-order chi connectivity index (χ1) is 14.7. The molecule has 2 rings (SSSR count). The molecule has 0 saturated heterocycles. The minimum atomic E-state index is 0.745. The lowest BCUT2D eigenvalue weighted by Gasteiger charge is -2.10. The van der Waals surface area contributed by atoms with Crippen molar-refractivity contribution in [1.29, 1.82) is 0 Å². The maximum atomic E-state index is 5.81. The largest absolute Gasteiger partial charge is 0.490 e. The molecule has 1 aromatic carbocycles. The Labute approximate surface area is 184 Å². The van der Waals surface area contributed by atoms with Gasteiger partial charge in [-0.2, -0.15) is 0 Å². The van der Waals surface area contributed by atoms with Crippen LogP contribution >= 0.6 is 0 Å². The highest BCUT2D eigenvalue weighted by molar-refractivity contribution is 5.55. The number of unbranched alkanes of at least 4 members (excludes halogenated alkanes) is 6. The van der Waals surface area contributed by atoms with Gasteiger partial charge in [-0.15, -0.1) is 0 Å². The number of nitrogens with zero attached hydrogens (tertiary/aromatic N) is 2. The van der Waals surface area contributed by atoms with Gasteiger partial charge in [0, 0.05) is 5.56 Å². The van der Waals surface area contributed by atoms with Crippen molar-refractivity contribution in [2.45, 2.75) is 97.8 Å². The molecule has 0 bridgehead atoms. The lowest BCUT2D eigenvalue weighted by atomic mass is 9.99. The molecule has 1 atom stereocenters. The molecule has 0 aliphatic heterocycles. The molecule has 0 amide bonds. The Kier molecular flexibility index (Phi) is 12.2. The van der Waals surface area contributed by atoms with Crippen LogP contribution in [0.2, 0.25) is 0 Å². The third kappa shape index (κ3) is 9.73. The van der Waals surface area contributed by atoms with Crippen LogP contribution in [0.3, 0.4) is 0 Å². The SMILES string of the molecule is CCCCCCCCc1ccc(-c2ncc(OCCCCC(C)CCC)cn2)cc1. The van der Waals surface area contributed by atoms with Crippen molar-refractivity contribution < 1.29 is 4.74 Å². The van der Waals surface area contributed by atoms with Crippen molar-refractivity contribution in [3.8, 4) is 17.1 Å². The molecule has 0 saturated carbocycles. The van der Waals surface area contributed by atoms with E-state index in [-0.39, 0.29) is 0 Å². The number of hydrogen-bond donors (Lipinski definition) is 0. The molecular weight excluding hydrogens is 368 g/mol. The molecular formula is C27H42N2O. The molecule has 3 heteroatoms. The first kappa shape index (κ1) is 24.4. The number of aryl methyl sites for hydroxylation is 1. The van der Waals surface area contributed by atoms with Crippen molar-refractivity contribution in [2.75, 3.05) is 6.61 Å². The summed E-state index contributed by atoms with van der Waals surface area (Å²) in [6.45, 7) is 7.61. The molecule has 0 N–H and O–H groups in total.